The zero-order valence-corrected chi connectivity index (χ0v) is 61.8. The van der Waals surface area contributed by atoms with Gasteiger partial charge in [-0.1, -0.05) is 94.2 Å². The lowest BCUT2D eigenvalue weighted by atomic mass is 9.83. The number of unbranched alkanes of at least 4 members (excludes halogenated alkanes) is 1. The molecule has 4 amide bonds. The van der Waals surface area contributed by atoms with Crippen LogP contribution in [-0.2, 0) is 79.0 Å². The molecular weight excluding hydrogens is 1370 g/mol. The number of nitrogens with one attached hydrogen (secondary N) is 2. The fourth-order valence-electron chi connectivity index (χ4n) is 12.7. The second-order valence-corrected chi connectivity index (χ2v) is 29.3. The van der Waals surface area contributed by atoms with E-state index in [1.807, 2.05) is 123 Å². The maximum Gasteiger partial charge on any atom is 0.409 e. The average Bonchev–Trinajstić information content (AvgIpc) is 1.57. The molecule has 544 valence electrons. The number of aromatic nitrogens is 4. The van der Waals surface area contributed by atoms with Crippen molar-refractivity contribution in [1.29, 1.82) is 0 Å². The Morgan fingerprint density at radius 3 is 1.96 bits per heavy atom. The summed E-state index contributed by atoms with van der Waals surface area (Å²) in [6.45, 7) is 11.6. The van der Waals surface area contributed by atoms with Gasteiger partial charge in [-0.25, -0.2) is 9.59 Å². The van der Waals surface area contributed by atoms with Crippen LogP contribution in [0.4, 0.5) is 10.5 Å². The molecule has 8 atom stereocenters. The Morgan fingerprint density at radius 1 is 0.816 bits per heavy atom. The van der Waals surface area contributed by atoms with Gasteiger partial charge in [0.05, 0.1) is 54.7 Å². The molecule has 3 aliphatic rings. The maximum atomic E-state index is 14.5. The molecule has 0 unspecified atom stereocenters. The number of nitrogens with zero attached hydrogens (tertiary/aromatic N) is 8. The largest absolute Gasteiger partial charge is 0.495 e. The molecule has 103 heavy (non-hydrogen) atoms. The molecule has 10 rings (SSSR count). The quantitative estimate of drug-likeness (QED) is 0.0170. The number of hydrogen-bond acceptors (Lipinski definition) is 20. The van der Waals surface area contributed by atoms with E-state index in [1.165, 1.54) is 52.7 Å². The minimum atomic E-state index is -1.87. The van der Waals surface area contributed by atoms with Crippen LogP contribution in [0.2, 0.25) is 5.02 Å². The normalized spacial score (nSPS) is 21.6. The van der Waals surface area contributed by atoms with E-state index in [2.05, 4.69) is 58.6 Å². The van der Waals surface area contributed by atoms with E-state index < -0.39 is 65.7 Å². The van der Waals surface area contributed by atoms with Crippen LogP contribution in [0.25, 0.3) is 0 Å². The van der Waals surface area contributed by atoms with Gasteiger partial charge in [0.2, 0.25) is 11.8 Å². The maximum absolute atomic E-state index is 14.5. The van der Waals surface area contributed by atoms with Crippen LogP contribution < -0.4 is 25.0 Å². The number of allylic oxidation sites excluding steroid dienone is 3. The number of rotatable bonds is 29. The van der Waals surface area contributed by atoms with Crippen LogP contribution in [0.15, 0.2) is 181 Å². The highest BCUT2D eigenvalue weighted by atomic mass is 35.5. The van der Waals surface area contributed by atoms with Crippen LogP contribution >= 0.6 is 33.2 Å². The summed E-state index contributed by atoms with van der Waals surface area (Å²) in [5.74, 6) is -0.803. The first-order chi connectivity index (χ1) is 49.7. The van der Waals surface area contributed by atoms with Crippen LogP contribution in [0.3, 0.4) is 0 Å². The molecule has 7 aromatic rings. The number of fused-ring (bicyclic) bond motifs is 5. The predicted octanol–water partition coefficient (Wildman–Crippen LogP) is 11.9. The Bertz CT molecular complexity index is 3870. The summed E-state index contributed by atoms with van der Waals surface area (Å²) in [6, 6.07) is 40.1. The van der Waals surface area contributed by atoms with Gasteiger partial charge in [-0.15, -0.1) is 0 Å². The number of methoxy groups -OCH3 is 2. The number of alkyl carbamates (subject to hydrolysis) is 1. The van der Waals surface area contributed by atoms with Crippen LogP contribution in [0.1, 0.15) is 110 Å². The fraction of sp³-hybridized carbons (Fsp3) is 0.397. The van der Waals surface area contributed by atoms with Crippen molar-refractivity contribution < 1.29 is 57.5 Å². The standard InChI is InChI=1S/C78H91ClN10O12S2/c1-52-20-19-25-68(97-8)78(95)45-67(99-76(94)85-78)53(2)73-77(4,101-73)69(44-71(91)87(6)65-42-55(38-52)43-66(96-7)72(65)79)100-75(93)54(3)86(5)70(90)30-37-102-103-64-28-26-58(27-29-64)74(92)84-35-17-18-36-98-63-40-56(46-88(48-59-21-9-13-31-80-59)49-60-22-10-14-32-81-60)39-57(41-63)47-89(50-61-23-11-15-33-82-61)51-62-24-12-16-34-83-62/h9-16,19-29,31-34,39-43,53-54,67-69,73,95H,17-18,30,35-38,44-51H2,1-8H3,(H,84,92)(H,85,94)/b25-19+,52-20+/t53-,54+,67+,68-,69+,73+,77-,78+/m1/s1. The SMILES string of the molecule is COc1cc2cc(c1Cl)N(C)C(=O)C[C@H](OC(=O)[C@H](C)N(C)C(=O)CCSSc1ccc(C(=O)NCCCCOc3cc(CN(Cc4ccccn4)Cc4ccccn4)cc(CN(Cc4ccccn4)Cc4ccccn4)c3)cc1)[C@@]1(C)O[C@H]1[C@H](C)[C@@H]1C[C@@](O)(NC(=O)O1)[C@H](OC)/C=C/C=C(\C)C2. The van der Waals surface area contributed by atoms with Gasteiger partial charge in [0.25, 0.3) is 5.91 Å². The topological polar surface area (TPSA) is 253 Å². The lowest BCUT2D eigenvalue weighted by Crippen LogP contribution is -2.63. The van der Waals surface area contributed by atoms with Crippen LogP contribution in [-0.4, -0.2) is 159 Å². The molecule has 4 bridgehead atoms. The summed E-state index contributed by atoms with van der Waals surface area (Å²) < 4.78 is 36.3. The van der Waals surface area contributed by atoms with E-state index >= 15 is 0 Å². The number of carbonyl (C=O) groups is 5. The third kappa shape index (κ3) is 21.5. The van der Waals surface area contributed by atoms with Gasteiger partial charge in [-0.2, -0.15) is 0 Å². The zero-order chi connectivity index (χ0) is 73.0. The van der Waals surface area contributed by atoms with E-state index in [9.17, 15) is 29.1 Å². The summed E-state index contributed by atoms with van der Waals surface area (Å²) in [5, 5.41) is 17.7. The molecule has 3 aromatic carbocycles. The third-order valence-corrected chi connectivity index (χ3v) is 21.4. The van der Waals surface area contributed by atoms with Crippen molar-refractivity contribution in [2.75, 3.05) is 52.1 Å². The lowest BCUT2D eigenvalue weighted by Gasteiger charge is -2.42. The highest BCUT2D eigenvalue weighted by Crippen LogP contribution is 2.49. The molecule has 0 aliphatic carbocycles. The fourth-order valence-corrected chi connectivity index (χ4v) is 15.0. The number of hydrogen-bond donors (Lipinski definition) is 3. The molecule has 3 aliphatic heterocycles. The second kappa shape index (κ2) is 36.6. The number of likely N-dealkylation sites (N-methyl/N-ethyl adjacent to an activating group) is 1. The molecule has 2 fully saturated rings. The molecule has 25 heteroatoms. The number of ether oxygens (including phenoxy) is 6. The van der Waals surface area contributed by atoms with Crippen molar-refractivity contribution in [3.05, 3.63) is 226 Å². The number of aliphatic hydroxyl groups is 1. The van der Waals surface area contributed by atoms with Crippen molar-refractivity contribution in [1.82, 2.24) is 45.3 Å². The molecule has 3 N–H and O–H groups in total. The Kier molecular flexibility index (Phi) is 27.3. The highest BCUT2D eigenvalue weighted by molar-refractivity contribution is 8.76. The molecular formula is C78H91ClN10O12S2. The van der Waals surface area contributed by atoms with Gasteiger partial charge >= 0.3 is 12.1 Å². The van der Waals surface area contributed by atoms with Crippen LogP contribution in [0, 0.1) is 5.92 Å². The van der Waals surface area contributed by atoms with Gasteiger partial charge in [-0.3, -0.25) is 49.4 Å². The van der Waals surface area contributed by atoms with E-state index in [1.54, 1.807) is 64.2 Å². The summed E-state index contributed by atoms with van der Waals surface area (Å²) in [7, 11) is 8.94. The van der Waals surface area contributed by atoms with Crippen LogP contribution in [0.5, 0.6) is 11.5 Å². The van der Waals surface area contributed by atoms with E-state index in [0.29, 0.717) is 94.4 Å². The van der Waals surface area contributed by atoms with E-state index in [4.69, 9.17) is 40.0 Å². The predicted molar refractivity (Wildman–Crippen MR) is 397 cm³/mol. The first kappa shape index (κ1) is 76.9. The molecule has 2 saturated heterocycles. The van der Waals surface area contributed by atoms with Gasteiger partial charge < -0.3 is 48.6 Å². The summed E-state index contributed by atoms with van der Waals surface area (Å²) in [4.78, 5) is 95.9. The second-order valence-electron chi connectivity index (χ2n) is 26.5. The van der Waals surface area contributed by atoms with E-state index in [-0.39, 0.29) is 36.1 Å². The number of pyridine rings is 4. The number of esters is 1. The summed E-state index contributed by atoms with van der Waals surface area (Å²) in [5.41, 5.74) is 5.43. The molecule has 7 heterocycles. The third-order valence-electron chi connectivity index (χ3n) is 18.6. The minimum Gasteiger partial charge on any atom is -0.495 e. The summed E-state index contributed by atoms with van der Waals surface area (Å²) in [6.07, 6.45) is 9.35. The number of carbonyl (C=O) groups excluding carboxylic acids is 5. The van der Waals surface area contributed by atoms with Crippen molar-refractivity contribution in [2.45, 2.75) is 152 Å². The van der Waals surface area contributed by atoms with Crippen molar-refractivity contribution in [3.63, 3.8) is 0 Å². The Hall–Kier alpha value is -8.72. The monoisotopic (exact) mass is 1460 g/mol. The number of amides is 4. The first-order valence-electron chi connectivity index (χ1n) is 34.5. The Labute approximate surface area is 615 Å². The zero-order valence-electron chi connectivity index (χ0n) is 59.4. The Morgan fingerprint density at radius 2 is 1.41 bits per heavy atom. The number of benzene rings is 3. The molecule has 22 nitrogen and oxygen atoms in total. The van der Waals surface area contributed by atoms with Gasteiger partial charge in [0, 0.05) is 127 Å². The molecule has 0 spiro atoms. The van der Waals surface area contributed by atoms with Crippen molar-refractivity contribution >= 4 is 68.7 Å². The number of epoxide rings is 1. The molecule has 4 aromatic heterocycles. The summed E-state index contributed by atoms with van der Waals surface area (Å²) >= 11 is 6.88. The van der Waals surface area contributed by atoms with Gasteiger partial charge in [-0.05, 0) is 154 Å². The lowest BCUT2D eigenvalue weighted by molar-refractivity contribution is -0.162. The van der Waals surface area contributed by atoms with Crippen molar-refractivity contribution in [3.8, 4) is 11.5 Å². The van der Waals surface area contributed by atoms with Crippen molar-refractivity contribution in [2.24, 2.45) is 5.92 Å². The Balaban J connectivity index is 0.712. The molecule has 0 radical (unpaired) electrons. The average molecular weight is 1460 g/mol. The number of halogens is 1. The minimum absolute atomic E-state index is 0.0849. The van der Waals surface area contributed by atoms with Gasteiger partial charge in [0.1, 0.15) is 46.5 Å². The van der Waals surface area contributed by atoms with Gasteiger partial charge in [0.15, 0.2) is 5.72 Å². The van der Waals surface area contributed by atoms with E-state index in [0.717, 1.165) is 55.7 Å². The smallest absolute Gasteiger partial charge is 0.409 e. The first-order valence-corrected chi connectivity index (χ1v) is 37.2. The molecule has 0 saturated carbocycles. The number of anilines is 1. The highest BCUT2D eigenvalue weighted by Gasteiger charge is 2.64.